The summed E-state index contributed by atoms with van der Waals surface area (Å²) >= 11 is 0. The summed E-state index contributed by atoms with van der Waals surface area (Å²) in [4.78, 5) is 22.5. The number of aliphatic carboxylic acids is 2. The van der Waals surface area contributed by atoms with Crippen molar-refractivity contribution in [3.05, 3.63) is 23.7 Å². The summed E-state index contributed by atoms with van der Waals surface area (Å²) < 4.78 is 75.2. The molecule has 2 saturated heterocycles. The van der Waals surface area contributed by atoms with Crippen LogP contribution >= 0.6 is 0 Å². The molecule has 8 nitrogen and oxygen atoms in total. The van der Waals surface area contributed by atoms with Crippen LogP contribution in [0.3, 0.4) is 0 Å². The molecule has 2 fully saturated rings. The van der Waals surface area contributed by atoms with Gasteiger partial charge in [-0.1, -0.05) is 0 Å². The maximum Gasteiger partial charge on any atom is 0.490 e. The molecule has 2 N–H and O–H groups in total. The number of piperidine rings is 1. The number of hydrogen-bond donors (Lipinski definition) is 2. The average Bonchev–Trinajstić information content (AvgIpc) is 3.26. The zero-order valence-electron chi connectivity index (χ0n) is 18.8. The number of halogens is 6. The van der Waals surface area contributed by atoms with Gasteiger partial charge in [0.15, 0.2) is 0 Å². The van der Waals surface area contributed by atoms with Crippen LogP contribution in [-0.2, 0) is 20.9 Å². The zero-order chi connectivity index (χ0) is 26.3. The number of carboxylic acids is 2. The summed E-state index contributed by atoms with van der Waals surface area (Å²) in [6.45, 7) is 7.24. The molecule has 0 aliphatic carbocycles. The summed E-state index contributed by atoms with van der Waals surface area (Å²) in [5.74, 6) is -1.98. The van der Waals surface area contributed by atoms with E-state index in [-0.39, 0.29) is 0 Å². The summed E-state index contributed by atoms with van der Waals surface area (Å²) in [5, 5.41) is 14.2. The van der Waals surface area contributed by atoms with Gasteiger partial charge in [0.2, 0.25) is 0 Å². The van der Waals surface area contributed by atoms with Crippen molar-refractivity contribution in [2.75, 3.05) is 40.3 Å². The van der Waals surface area contributed by atoms with E-state index in [1.807, 2.05) is 13.0 Å². The smallest absolute Gasteiger partial charge is 0.475 e. The molecule has 0 amide bonds. The molecule has 34 heavy (non-hydrogen) atoms. The molecule has 3 heterocycles. The van der Waals surface area contributed by atoms with Gasteiger partial charge in [0.25, 0.3) is 0 Å². The molecule has 2 aliphatic heterocycles. The number of fused-ring (bicyclic) bond motifs is 1. The fourth-order valence-corrected chi connectivity index (χ4v) is 3.64. The number of carboxylic acid groups (broad SMARTS) is 2. The number of alkyl halides is 6. The standard InChI is InChI=1S/C16H26N2O2.2C2HF3O2/c1-12-4-5-14(20-12)9-18-7-6-15-13(8-18)11-19-16(15)10-17(2)3;2*3-2(4,5)1(6)7/h4-5,13,15-16H,6-11H2,1-3H3;2*(H,6,7)/t13-,15-,16+;;/m1../s1. The SMILES string of the molecule is Cc1ccc(CN2CC[C@@H]3[C@@H](CO[C@H]3CN(C)C)C2)o1.O=C(O)C(F)(F)F.O=C(O)C(F)(F)F. The maximum absolute atomic E-state index is 10.6. The highest BCUT2D eigenvalue weighted by atomic mass is 19.4. The van der Waals surface area contributed by atoms with Gasteiger partial charge in [0, 0.05) is 19.0 Å². The lowest BCUT2D eigenvalue weighted by atomic mass is 9.84. The van der Waals surface area contributed by atoms with Crippen molar-refractivity contribution < 1.29 is 55.3 Å². The maximum atomic E-state index is 10.6. The lowest BCUT2D eigenvalue weighted by Crippen LogP contribution is -2.42. The van der Waals surface area contributed by atoms with Crippen molar-refractivity contribution >= 4 is 11.9 Å². The number of aryl methyl sites for hydroxylation is 1. The van der Waals surface area contributed by atoms with Gasteiger partial charge in [-0.2, -0.15) is 26.3 Å². The number of carbonyl (C=O) groups is 2. The third-order valence-electron chi connectivity index (χ3n) is 5.08. The second-order valence-corrected chi connectivity index (χ2v) is 8.20. The molecular formula is C20H28F6N2O6. The van der Waals surface area contributed by atoms with Crippen LogP contribution in [0.5, 0.6) is 0 Å². The molecule has 1 aromatic rings. The highest BCUT2D eigenvalue weighted by Gasteiger charge is 2.41. The van der Waals surface area contributed by atoms with E-state index >= 15 is 0 Å². The molecule has 3 atom stereocenters. The molecule has 2 aliphatic rings. The van der Waals surface area contributed by atoms with E-state index in [4.69, 9.17) is 29.0 Å². The van der Waals surface area contributed by atoms with Crippen molar-refractivity contribution in [2.24, 2.45) is 11.8 Å². The minimum atomic E-state index is -5.08. The molecule has 0 spiro atoms. The van der Waals surface area contributed by atoms with E-state index in [0.29, 0.717) is 12.0 Å². The van der Waals surface area contributed by atoms with Gasteiger partial charge in [0.1, 0.15) is 11.5 Å². The molecule has 1 aromatic heterocycles. The van der Waals surface area contributed by atoms with Crippen LogP contribution in [-0.4, -0.2) is 90.7 Å². The van der Waals surface area contributed by atoms with E-state index in [0.717, 1.165) is 50.2 Å². The lowest BCUT2D eigenvalue weighted by Gasteiger charge is -2.35. The van der Waals surface area contributed by atoms with Crippen LogP contribution in [0.2, 0.25) is 0 Å². The average molecular weight is 506 g/mol. The van der Waals surface area contributed by atoms with Gasteiger partial charge in [0.05, 0.1) is 19.3 Å². The van der Waals surface area contributed by atoms with Crippen LogP contribution in [0.25, 0.3) is 0 Å². The van der Waals surface area contributed by atoms with Gasteiger partial charge in [-0.05, 0) is 52.0 Å². The number of ether oxygens (including phenoxy) is 1. The third kappa shape index (κ3) is 10.3. The molecule has 0 bridgehead atoms. The summed E-state index contributed by atoms with van der Waals surface area (Å²) in [7, 11) is 4.26. The van der Waals surface area contributed by atoms with Crippen molar-refractivity contribution in [3.63, 3.8) is 0 Å². The largest absolute Gasteiger partial charge is 0.490 e. The number of furan rings is 1. The minimum Gasteiger partial charge on any atom is -0.475 e. The Kier molecular flexibility index (Phi) is 10.8. The second kappa shape index (κ2) is 12.4. The van der Waals surface area contributed by atoms with Crippen molar-refractivity contribution in [3.8, 4) is 0 Å². The monoisotopic (exact) mass is 506 g/mol. The first-order valence-electron chi connectivity index (χ1n) is 10.1. The van der Waals surface area contributed by atoms with E-state index < -0.39 is 24.3 Å². The highest BCUT2D eigenvalue weighted by Crippen LogP contribution is 2.35. The van der Waals surface area contributed by atoms with Gasteiger partial charge < -0.3 is 24.3 Å². The van der Waals surface area contributed by atoms with Gasteiger partial charge in [-0.15, -0.1) is 0 Å². The van der Waals surface area contributed by atoms with E-state index in [1.54, 1.807) is 0 Å². The van der Waals surface area contributed by atoms with Crippen molar-refractivity contribution in [1.29, 1.82) is 0 Å². The molecule has 0 unspecified atom stereocenters. The Labute approximate surface area is 192 Å². The van der Waals surface area contributed by atoms with E-state index in [2.05, 4.69) is 30.0 Å². The first-order chi connectivity index (χ1) is 15.5. The Bertz CT molecular complexity index is 771. The van der Waals surface area contributed by atoms with Crippen LogP contribution in [0, 0.1) is 18.8 Å². The van der Waals surface area contributed by atoms with Crippen LogP contribution in [0.1, 0.15) is 17.9 Å². The van der Waals surface area contributed by atoms with Gasteiger partial charge in [-0.25, -0.2) is 9.59 Å². The first kappa shape index (κ1) is 29.7. The quantitative estimate of drug-likeness (QED) is 0.600. The number of likely N-dealkylation sites (tertiary alicyclic amines) is 1. The second-order valence-electron chi connectivity index (χ2n) is 8.20. The van der Waals surface area contributed by atoms with Crippen molar-refractivity contribution in [2.45, 2.75) is 38.3 Å². The number of likely N-dealkylation sites (N-methyl/N-ethyl adjacent to an activating group) is 1. The summed E-state index contributed by atoms with van der Waals surface area (Å²) in [6, 6.07) is 4.15. The van der Waals surface area contributed by atoms with Gasteiger partial charge >= 0.3 is 24.3 Å². The molecular weight excluding hydrogens is 478 g/mol. The lowest BCUT2D eigenvalue weighted by molar-refractivity contribution is -0.193. The summed E-state index contributed by atoms with van der Waals surface area (Å²) in [6.07, 6.45) is -8.48. The summed E-state index contributed by atoms with van der Waals surface area (Å²) in [5.41, 5.74) is 0. The molecule has 196 valence electrons. The number of nitrogens with zero attached hydrogens (tertiary/aromatic N) is 2. The minimum absolute atomic E-state index is 0.433. The molecule has 0 saturated carbocycles. The van der Waals surface area contributed by atoms with E-state index in [1.165, 1.54) is 6.42 Å². The van der Waals surface area contributed by atoms with Crippen LogP contribution < -0.4 is 0 Å². The predicted molar refractivity (Wildman–Crippen MR) is 106 cm³/mol. The van der Waals surface area contributed by atoms with Gasteiger partial charge in [-0.3, -0.25) is 4.90 Å². The Balaban J connectivity index is 0.000000343. The number of rotatable bonds is 4. The Morgan fingerprint density at radius 3 is 2.03 bits per heavy atom. The molecule has 0 radical (unpaired) electrons. The Morgan fingerprint density at radius 2 is 1.62 bits per heavy atom. The molecule has 3 rings (SSSR count). The van der Waals surface area contributed by atoms with Crippen LogP contribution in [0.15, 0.2) is 16.5 Å². The van der Waals surface area contributed by atoms with Crippen molar-refractivity contribution in [1.82, 2.24) is 9.80 Å². The molecule has 14 heteroatoms. The Morgan fingerprint density at radius 1 is 1.09 bits per heavy atom. The predicted octanol–water partition coefficient (Wildman–Crippen LogP) is 3.25. The topological polar surface area (TPSA) is 103 Å². The highest BCUT2D eigenvalue weighted by molar-refractivity contribution is 5.73. The first-order valence-corrected chi connectivity index (χ1v) is 10.1. The Hall–Kier alpha value is -2.32. The normalized spacial score (nSPS) is 22.8. The zero-order valence-corrected chi connectivity index (χ0v) is 18.8. The van der Waals surface area contributed by atoms with E-state index in [9.17, 15) is 26.3 Å². The van der Waals surface area contributed by atoms with Crippen LogP contribution in [0.4, 0.5) is 26.3 Å². The fraction of sp³-hybridized carbons (Fsp3) is 0.700. The fourth-order valence-electron chi connectivity index (χ4n) is 3.64. The number of hydrogen-bond acceptors (Lipinski definition) is 6. The molecule has 0 aromatic carbocycles. The third-order valence-corrected chi connectivity index (χ3v) is 5.08.